The molecule has 83 heavy (non-hydrogen) atoms. The van der Waals surface area contributed by atoms with Gasteiger partial charge in [0.15, 0.2) is 24.8 Å². The third-order valence-electron chi connectivity index (χ3n) is 18.2. The van der Waals surface area contributed by atoms with Crippen molar-refractivity contribution in [1.82, 2.24) is 0 Å². The van der Waals surface area contributed by atoms with Gasteiger partial charge in [-0.25, -0.2) is 18.3 Å². The Bertz CT molecular complexity index is 3380. The first-order chi connectivity index (χ1) is 39.9. The van der Waals surface area contributed by atoms with Crippen LogP contribution in [0.5, 0.6) is 0 Å². The fourth-order valence-electron chi connectivity index (χ4n) is 13.7. The summed E-state index contributed by atoms with van der Waals surface area (Å²) in [5.74, 6) is 4.42. The molecular weight excluding hydrogens is 1000 g/mol. The van der Waals surface area contributed by atoms with E-state index in [-0.39, 0.29) is 0 Å². The molecule has 4 aromatic heterocycles. The Hall–Kier alpha value is -6.52. The molecule has 0 unspecified atom stereocenters. The number of pyridine rings is 4. The third kappa shape index (κ3) is 16.6. The Morgan fingerprint density at radius 2 is 0.699 bits per heavy atom. The van der Waals surface area contributed by atoms with Crippen molar-refractivity contribution >= 4 is 0 Å². The number of nitrogens with zero attached hydrogens (tertiary/aromatic N) is 4. The maximum absolute atomic E-state index is 2.50. The van der Waals surface area contributed by atoms with Crippen molar-refractivity contribution in [3.05, 3.63) is 214 Å². The van der Waals surface area contributed by atoms with E-state index in [0.29, 0.717) is 17.8 Å². The zero-order valence-electron chi connectivity index (χ0n) is 53.9. The van der Waals surface area contributed by atoms with Gasteiger partial charge in [-0.2, -0.15) is 0 Å². The van der Waals surface area contributed by atoms with E-state index < -0.39 is 0 Å². The number of hydrogen-bond donors (Lipinski definition) is 0. The average Bonchev–Trinajstić information content (AvgIpc) is 4.44. The Balaban J connectivity index is 0.000000145. The van der Waals surface area contributed by atoms with Crippen LogP contribution < -0.4 is 18.3 Å². The maximum Gasteiger partial charge on any atom is 0.212 e. The Kier molecular flexibility index (Phi) is 22.5. The minimum atomic E-state index is 0.684. The first-order valence-corrected chi connectivity index (χ1v) is 32.2. The van der Waals surface area contributed by atoms with Gasteiger partial charge in [0, 0.05) is 69.3 Å². The van der Waals surface area contributed by atoms with Crippen LogP contribution >= 0.6 is 0 Å². The lowest BCUT2D eigenvalue weighted by Crippen LogP contribution is -2.32. The molecule has 3 fully saturated rings. The van der Waals surface area contributed by atoms with Gasteiger partial charge in [0.2, 0.25) is 22.8 Å². The van der Waals surface area contributed by atoms with Crippen molar-refractivity contribution in [1.29, 1.82) is 0 Å². The second kappa shape index (κ2) is 29.8. The summed E-state index contributed by atoms with van der Waals surface area (Å²) in [5, 5.41) is 0. The van der Waals surface area contributed by atoms with Crippen molar-refractivity contribution < 1.29 is 18.3 Å². The van der Waals surface area contributed by atoms with Crippen LogP contribution in [0.4, 0.5) is 0 Å². The van der Waals surface area contributed by atoms with Gasteiger partial charge in [0.05, 0.1) is 0 Å². The largest absolute Gasteiger partial charge is 0.212 e. The third-order valence-corrected chi connectivity index (χ3v) is 18.2. The summed E-state index contributed by atoms with van der Waals surface area (Å²) in [6.45, 7) is 22.6. The van der Waals surface area contributed by atoms with Gasteiger partial charge in [0.1, 0.15) is 28.2 Å². The quantitative estimate of drug-likeness (QED) is 0.102. The predicted molar refractivity (Wildman–Crippen MR) is 350 cm³/mol. The normalized spacial score (nSPS) is 14.6. The van der Waals surface area contributed by atoms with Crippen molar-refractivity contribution in [2.24, 2.45) is 45.9 Å². The lowest BCUT2D eigenvalue weighted by atomic mass is 9.88. The number of hydrogen-bond acceptors (Lipinski definition) is 0. The first kappa shape index (κ1) is 62.5. The molecule has 3 saturated carbocycles. The second-order valence-corrected chi connectivity index (χ2v) is 26.5. The molecule has 3 aliphatic carbocycles. The van der Waals surface area contributed by atoms with Crippen LogP contribution in [0.3, 0.4) is 0 Å². The number of benzene rings is 4. The summed E-state index contributed by atoms with van der Waals surface area (Å²) < 4.78 is 9.15. The van der Waals surface area contributed by atoms with E-state index in [1.165, 1.54) is 173 Å². The lowest BCUT2D eigenvalue weighted by molar-refractivity contribution is -0.661. The van der Waals surface area contributed by atoms with E-state index in [0.717, 1.165) is 30.6 Å². The molecule has 0 spiro atoms. The van der Waals surface area contributed by atoms with E-state index >= 15 is 0 Å². The molecule has 0 aliphatic heterocycles. The van der Waals surface area contributed by atoms with Gasteiger partial charge >= 0.3 is 0 Å². The number of aromatic nitrogens is 4. The topological polar surface area (TPSA) is 15.5 Å². The van der Waals surface area contributed by atoms with Gasteiger partial charge in [0.25, 0.3) is 0 Å². The Labute approximate surface area is 503 Å². The Morgan fingerprint density at radius 3 is 1.14 bits per heavy atom. The summed E-state index contributed by atoms with van der Waals surface area (Å²) in [4.78, 5) is 0. The molecular formula is C79H104N4+4. The smallest absolute Gasteiger partial charge is 0.201 e. The van der Waals surface area contributed by atoms with E-state index in [1.54, 1.807) is 11.1 Å². The van der Waals surface area contributed by atoms with Crippen LogP contribution in [0.2, 0.25) is 0 Å². The van der Waals surface area contributed by atoms with Crippen molar-refractivity contribution in [2.45, 2.75) is 183 Å². The minimum Gasteiger partial charge on any atom is -0.201 e. The highest BCUT2D eigenvalue weighted by atomic mass is 14.9. The number of rotatable bonds is 13. The standard InChI is InChI=1S/C22H30N.C21H30N.2C18H22N/c1-16(2)13-19-15-23(4)22(20-12-8-5-9-17(20)3)14-21(19)18-10-6-7-11-18;1-15(2)11-18-13-21(20-10-8-7-9-17(20)5)22(6)14-19(18)12-16(3)4;1-14-7-3-6-10-17(14)18-13-16(11-12-19(18)2)15-8-4-5-9-15;1-14-7-3-6-10-17(14)18-12-11-16(13-19(18)2)15-8-4-5-9-15/h5,8-9,12,14-16,18H,6-7,10-11,13H2,1-4H3;7-10,13-16H,11-12H2,1-6H3;2*3,6-7,10-13,15H,4-5,8-9H2,1-2H3/q4*+1. The maximum atomic E-state index is 2.50. The fourth-order valence-corrected chi connectivity index (χ4v) is 13.7. The first-order valence-electron chi connectivity index (χ1n) is 32.2. The molecule has 4 aromatic carbocycles. The highest BCUT2D eigenvalue weighted by molar-refractivity contribution is 5.64. The molecule has 8 aromatic rings. The predicted octanol–water partition coefficient (Wildman–Crippen LogP) is 18.5. The molecule has 11 rings (SSSR count). The molecule has 0 bridgehead atoms. The van der Waals surface area contributed by atoms with E-state index in [4.69, 9.17) is 0 Å². The van der Waals surface area contributed by atoms with E-state index in [9.17, 15) is 0 Å². The highest BCUT2D eigenvalue weighted by Crippen LogP contribution is 2.39. The summed E-state index contributed by atoms with van der Waals surface area (Å²) in [7, 11) is 8.68. The molecule has 0 N–H and O–H groups in total. The SMILES string of the molecule is Cc1ccccc1-c1cc(C2CCCC2)c(CC(C)C)c[n+]1C.Cc1ccccc1-c1cc(C2CCCC2)cc[n+]1C.Cc1ccccc1-c1cc(CC(C)C)c(CC(C)C)c[n+]1C.Cc1ccccc1-c1ccc(C2CCCC2)c[n+]1C. The summed E-state index contributed by atoms with van der Waals surface area (Å²) >= 11 is 0. The average molecular weight is 1110 g/mol. The van der Waals surface area contributed by atoms with E-state index in [1.807, 2.05) is 0 Å². The van der Waals surface area contributed by atoms with E-state index in [2.05, 4.69) is 274 Å². The zero-order chi connectivity index (χ0) is 59.2. The Morgan fingerprint density at radius 1 is 0.337 bits per heavy atom. The van der Waals surface area contributed by atoms with Gasteiger partial charge in [-0.3, -0.25) is 0 Å². The lowest BCUT2D eigenvalue weighted by Gasteiger charge is -2.17. The van der Waals surface area contributed by atoms with Gasteiger partial charge < -0.3 is 0 Å². The molecule has 436 valence electrons. The van der Waals surface area contributed by atoms with Crippen LogP contribution in [0.1, 0.15) is 192 Å². The van der Waals surface area contributed by atoms with Gasteiger partial charge in [-0.05, 0) is 190 Å². The molecule has 3 aliphatic rings. The number of aryl methyl sites for hydroxylation is 8. The molecule has 0 saturated heterocycles. The van der Waals surface area contributed by atoms with Crippen LogP contribution in [-0.4, -0.2) is 0 Å². The summed E-state index contributed by atoms with van der Waals surface area (Å²) in [6.07, 6.45) is 29.4. The summed E-state index contributed by atoms with van der Waals surface area (Å²) in [6, 6.07) is 48.9. The zero-order valence-corrected chi connectivity index (χ0v) is 53.9. The van der Waals surface area contributed by atoms with Crippen molar-refractivity contribution in [2.75, 3.05) is 0 Å². The highest BCUT2D eigenvalue weighted by Gasteiger charge is 2.27. The van der Waals surface area contributed by atoms with Crippen LogP contribution in [0.15, 0.2) is 158 Å². The molecule has 4 heterocycles. The molecule has 4 nitrogen and oxygen atoms in total. The molecule has 0 radical (unpaired) electrons. The fraction of sp³-hybridized carbons (Fsp3) is 0.443. The van der Waals surface area contributed by atoms with Crippen LogP contribution in [-0.2, 0) is 47.5 Å². The minimum absolute atomic E-state index is 0.684. The monoisotopic (exact) mass is 1110 g/mol. The molecule has 0 amide bonds. The second-order valence-electron chi connectivity index (χ2n) is 26.5. The van der Waals surface area contributed by atoms with Crippen LogP contribution in [0, 0.1) is 45.4 Å². The molecule has 4 heteroatoms. The molecule has 0 atom stereocenters. The van der Waals surface area contributed by atoms with Crippen LogP contribution in [0.25, 0.3) is 45.0 Å². The van der Waals surface area contributed by atoms with Crippen molar-refractivity contribution in [3.8, 4) is 45.0 Å². The van der Waals surface area contributed by atoms with Gasteiger partial charge in [-0.15, -0.1) is 0 Å². The van der Waals surface area contributed by atoms with Gasteiger partial charge in [-0.1, -0.05) is 153 Å². The van der Waals surface area contributed by atoms with Crippen molar-refractivity contribution in [3.63, 3.8) is 0 Å². The summed E-state index contributed by atoms with van der Waals surface area (Å²) in [5.41, 5.74) is 25.3.